The Morgan fingerprint density at radius 3 is 2.65 bits per heavy atom. The first-order chi connectivity index (χ1) is 9.38. The fourth-order valence-electron chi connectivity index (χ4n) is 2.02. The third-order valence-electron chi connectivity index (χ3n) is 2.95. The lowest BCUT2D eigenvalue weighted by Gasteiger charge is -2.05. The molecule has 5 nitrogen and oxygen atoms in total. The maximum absolute atomic E-state index is 12.8. The van der Waals surface area contributed by atoms with E-state index in [1.807, 2.05) is 0 Å². The molecule has 1 N–H and O–H groups in total. The monoisotopic (exact) mass is 299 g/mol. The fourth-order valence-corrected chi connectivity index (χ4v) is 2.23. The van der Waals surface area contributed by atoms with Crippen molar-refractivity contribution in [3.63, 3.8) is 0 Å². The predicted octanol–water partition coefficient (Wildman–Crippen LogP) is 2.84. The van der Waals surface area contributed by atoms with E-state index in [9.17, 15) is 13.2 Å². The molecule has 1 aromatic carbocycles. The number of fused-ring (bicyclic) bond motifs is 1. The lowest BCUT2D eigenvalue weighted by atomic mass is 10.2. The van der Waals surface area contributed by atoms with Gasteiger partial charge in [0.25, 0.3) is 0 Å². The Balaban J connectivity index is 2.23. The van der Waals surface area contributed by atoms with Gasteiger partial charge in [-0.2, -0.15) is 18.3 Å². The largest absolute Gasteiger partial charge is 0.449 e. The minimum atomic E-state index is -4.49. The molecule has 0 atom stereocenters. The van der Waals surface area contributed by atoms with Crippen LogP contribution in [0, 0.1) is 4.77 Å². The van der Waals surface area contributed by atoms with E-state index < -0.39 is 12.0 Å². The molecule has 0 amide bonds. The first kappa shape index (κ1) is 12.9. The Hall–Kier alpha value is -2.16. The average Bonchev–Trinajstić information content (AvgIpc) is 2.93. The standard InChI is InChI=1S/C11H8F3N5S/c1-18-8-3-2-6(19-5-15-17-10(19)20)4-7(8)16-9(18)11(12,13)14/h2-5H,1H3,(H,17,20). The second-order valence-electron chi connectivity index (χ2n) is 4.20. The van der Waals surface area contributed by atoms with Crippen molar-refractivity contribution in [1.82, 2.24) is 24.3 Å². The molecule has 9 heteroatoms. The van der Waals surface area contributed by atoms with Gasteiger partial charge in [0.15, 0.2) is 4.77 Å². The highest BCUT2D eigenvalue weighted by Gasteiger charge is 2.36. The van der Waals surface area contributed by atoms with Crippen LogP contribution in [0.5, 0.6) is 0 Å². The van der Waals surface area contributed by atoms with Gasteiger partial charge in [0.05, 0.1) is 16.7 Å². The predicted molar refractivity (Wildman–Crippen MR) is 68.0 cm³/mol. The number of rotatable bonds is 1. The average molecular weight is 299 g/mol. The van der Waals surface area contributed by atoms with E-state index >= 15 is 0 Å². The van der Waals surface area contributed by atoms with Crippen molar-refractivity contribution < 1.29 is 13.2 Å². The summed E-state index contributed by atoms with van der Waals surface area (Å²) in [5.41, 5.74) is 1.25. The summed E-state index contributed by atoms with van der Waals surface area (Å²) in [4.78, 5) is 3.64. The molecule has 3 aromatic rings. The van der Waals surface area contributed by atoms with Crippen molar-refractivity contribution >= 4 is 23.3 Å². The third-order valence-corrected chi connectivity index (χ3v) is 3.24. The van der Waals surface area contributed by atoms with E-state index in [4.69, 9.17) is 12.2 Å². The first-order valence-corrected chi connectivity index (χ1v) is 5.95. The van der Waals surface area contributed by atoms with E-state index in [-0.39, 0.29) is 5.52 Å². The van der Waals surface area contributed by atoms with Gasteiger partial charge in [-0.05, 0) is 30.4 Å². The van der Waals surface area contributed by atoms with Crippen LogP contribution >= 0.6 is 12.2 Å². The Morgan fingerprint density at radius 1 is 1.30 bits per heavy atom. The normalized spacial score (nSPS) is 12.2. The molecular weight excluding hydrogens is 291 g/mol. The molecular formula is C11H8F3N5S. The summed E-state index contributed by atoms with van der Waals surface area (Å²) >= 11 is 5.02. The van der Waals surface area contributed by atoms with Gasteiger partial charge in [-0.1, -0.05) is 0 Å². The number of hydrogen-bond donors (Lipinski definition) is 1. The Labute approximate surface area is 115 Å². The molecule has 0 aliphatic carbocycles. The zero-order chi connectivity index (χ0) is 14.5. The molecule has 2 aromatic heterocycles. The number of aromatic amines is 1. The first-order valence-electron chi connectivity index (χ1n) is 5.54. The van der Waals surface area contributed by atoms with Crippen LogP contribution in [0.4, 0.5) is 13.2 Å². The summed E-state index contributed by atoms with van der Waals surface area (Å²) in [6.45, 7) is 0. The maximum Gasteiger partial charge on any atom is 0.449 e. The number of aryl methyl sites for hydroxylation is 1. The number of alkyl halides is 3. The molecule has 0 radical (unpaired) electrons. The number of H-pyrrole nitrogens is 1. The number of halogens is 3. The van der Waals surface area contributed by atoms with Gasteiger partial charge in [-0.15, -0.1) is 0 Å². The Bertz CT molecular complexity index is 842. The summed E-state index contributed by atoms with van der Waals surface area (Å²) in [7, 11) is 1.33. The van der Waals surface area contributed by atoms with E-state index in [2.05, 4.69) is 15.2 Å². The van der Waals surface area contributed by atoms with Gasteiger partial charge >= 0.3 is 6.18 Å². The number of nitrogens with zero attached hydrogens (tertiary/aromatic N) is 4. The minimum absolute atomic E-state index is 0.250. The fraction of sp³-hybridized carbons (Fsp3) is 0.182. The zero-order valence-corrected chi connectivity index (χ0v) is 11.0. The molecule has 0 aliphatic rings. The highest BCUT2D eigenvalue weighted by molar-refractivity contribution is 7.71. The second-order valence-corrected chi connectivity index (χ2v) is 4.58. The van der Waals surface area contributed by atoms with Gasteiger partial charge < -0.3 is 4.57 Å². The van der Waals surface area contributed by atoms with Crippen LogP contribution < -0.4 is 0 Å². The molecule has 104 valence electrons. The van der Waals surface area contributed by atoms with Gasteiger partial charge in [0.1, 0.15) is 6.33 Å². The van der Waals surface area contributed by atoms with Gasteiger partial charge in [-0.3, -0.25) is 9.67 Å². The summed E-state index contributed by atoms with van der Waals surface area (Å²) in [5, 5.41) is 6.35. The molecule has 0 spiro atoms. The smallest absolute Gasteiger partial charge is 0.323 e. The van der Waals surface area contributed by atoms with E-state index in [0.717, 1.165) is 4.57 Å². The van der Waals surface area contributed by atoms with Crippen LogP contribution in [-0.4, -0.2) is 24.3 Å². The van der Waals surface area contributed by atoms with Crippen molar-refractivity contribution in [2.75, 3.05) is 0 Å². The van der Waals surface area contributed by atoms with Crippen LogP contribution in [-0.2, 0) is 13.2 Å². The number of aromatic nitrogens is 5. The highest BCUT2D eigenvalue weighted by atomic mass is 32.1. The van der Waals surface area contributed by atoms with Crippen LogP contribution in [0.2, 0.25) is 0 Å². The summed E-state index contributed by atoms with van der Waals surface area (Å²) in [6.07, 6.45) is -3.03. The summed E-state index contributed by atoms with van der Waals surface area (Å²) in [6, 6.07) is 4.77. The maximum atomic E-state index is 12.8. The molecule has 3 rings (SSSR count). The molecule has 0 fully saturated rings. The van der Waals surface area contributed by atoms with Crippen molar-refractivity contribution in [2.45, 2.75) is 6.18 Å². The summed E-state index contributed by atoms with van der Waals surface area (Å²) in [5.74, 6) is -0.930. The highest BCUT2D eigenvalue weighted by Crippen LogP contribution is 2.31. The second kappa shape index (κ2) is 4.17. The molecule has 0 bridgehead atoms. The van der Waals surface area contributed by atoms with Gasteiger partial charge in [0, 0.05) is 7.05 Å². The van der Waals surface area contributed by atoms with Crippen LogP contribution in [0.25, 0.3) is 16.7 Å². The van der Waals surface area contributed by atoms with Crippen LogP contribution in [0.3, 0.4) is 0 Å². The van der Waals surface area contributed by atoms with E-state index in [1.165, 1.54) is 19.4 Å². The van der Waals surface area contributed by atoms with Gasteiger partial charge in [-0.25, -0.2) is 4.98 Å². The molecule has 20 heavy (non-hydrogen) atoms. The lowest BCUT2D eigenvalue weighted by Crippen LogP contribution is -2.12. The number of hydrogen-bond acceptors (Lipinski definition) is 3. The van der Waals surface area contributed by atoms with Crippen LogP contribution in [0.15, 0.2) is 24.5 Å². The summed E-state index contributed by atoms with van der Waals surface area (Å²) < 4.78 is 41.3. The van der Waals surface area contributed by atoms with E-state index in [1.54, 1.807) is 16.7 Å². The topological polar surface area (TPSA) is 51.4 Å². The third kappa shape index (κ3) is 1.90. The van der Waals surface area contributed by atoms with Crippen molar-refractivity contribution in [3.05, 3.63) is 35.1 Å². The number of benzene rings is 1. The van der Waals surface area contributed by atoms with Crippen molar-refractivity contribution in [3.8, 4) is 5.69 Å². The SMILES string of the molecule is Cn1c(C(F)(F)F)nc2cc(-n3cn[nH]c3=S)ccc21. The number of imidazole rings is 1. The number of nitrogens with one attached hydrogen (secondary N) is 1. The minimum Gasteiger partial charge on any atom is -0.323 e. The van der Waals surface area contributed by atoms with Crippen molar-refractivity contribution in [2.24, 2.45) is 7.05 Å². The lowest BCUT2D eigenvalue weighted by molar-refractivity contribution is -0.146. The Morgan fingerprint density at radius 2 is 2.05 bits per heavy atom. The van der Waals surface area contributed by atoms with Crippen LogP contribution in [0.1, 0.15) is 5.82 Å². The molecule has 0 saturated heterocycles. The molecule has 0 aliphatic heterocycles. The van der Waals surface area contributed by atoms with Crippen molar-refractivity contribution in [1.29, 1.82) is 0 Å². The van der Waals surface area contributed by atoms with Gasteiger partial charge in [0.2, 0.25) is 5.82 Å². The molecule has 2 heterocycles. The molecule has 0 saturated carbocycles. The quantitative estimate of drug-likeness (QED) is 0.703. The molecule has 0 unspecified atom stereocenters. The van der Waals surface area contributed by atoms with E-state index in [0.29, 0.717) is 16.0 Å². The zero-order valence-electron chi connectivity index (χ0n) is 10.1. The Kier molecular flexibility index (Phi) is 2.68.